The van der Waals surface area contributed by atoms with E-state index in [-0.39, 0.29) is 6.42 Å². The Kier molecular flexibility index (Phi) is 3.04. The van der Waals surface area contributed by atoms with E-state index in [0.717, 1.165) is 5.56 Å². The second-order valence-corrected chi connectivity index (χ2v) is 2.71. The van der Waals surface area contributed by atoms with Gasteiger partial charge in [0.05, 0.1) is 6.07 Å². The third-order valence-electron chi connectivity index (χ3n) is 1.74. The van der Waals surface area contributed by atoms with E-state index in [9.17, 15) is 4.79 Å². The topological polar surface area (TPSA) is 61.1 Å². The molecule has 0 saturated heterocycles. The van der Waals surface area contributed by atoms with Crippen LogP contribution in [0.1, 0.15) is 5.56 Å². The van der Waals surface area contributed by atoms with Gasteiger partial charge < -0.3 is 5.11 Å². The fourth-order valence-corrected chi connectivity index (χ4v) is 1.04. The van der Waals surface area contributed by atoms with Gasteiger partial charge in [0, 0.05) is 0 Å². The van der Waals surface area contributed by atoms with Crippen LogP contribution in [0.5, 0.6) is 0 Å². The second kappa shape index (κ2) is 4.27. The number of hydrogen-bond donors (Lipinski definition) is 1. The minimum Gasteiger partial charge on any atom is -0.480 e. The maximum atomic E-state index is 10.5. The van der Waals surface area contributed by atoms with E-state index >= 15 is 0 Å². The largest absolute Gasteiger partial charge is 0.480 e. The number of hydrogen-bond acceptors (Lipinski definition) is 2. The second-order valence-electron chi connectivity index (χ2n) is 2.71. The lowest BCUT2D eigenvalue weighted by Crippen LogP contribution is -2.13. The molecule has 0 aliphatic carbocycles. The van der Waals surface area contributed by atoms with Crippen molar-refractivity contribution in [2.45, 2.75) is 6.42 Å². The Morgan fingerprint density at radius 3 is 2.54 bits per heavy atom. The molecule has 3 nitrogen and oxygen atoms in total. The molecule has 1 atom stereocenters. The predicted octanol–water partition coefficient (Wildman–Crippen LogP) is 1.45. The molecule has 0 aliphatic heterocycles. The SMILES string of the molecule is N#C[C@H](Cc1ccccc1)C(=O)O. The fraction of sp³-hybridized carbons (Fsp3) is 0.200. The number of carbonyl (C=O) groups is 1. The summed E-state index contributed by atoms with van der Waals surface area (Å²) in [5.74, 6) is -2.01. The first-order valence-electron chi connectivity index (χ1n) is 3.90. The normalized spacial score (nSPS) is 11.6. The van der Waals surface area contributed by atoms with Gasteiger partial charge in [-0.1, -0.05) is 30.3 Å². The van der Waals surface area contributed by atoms with Crippen LogP contribution in [0, 0.1) is 17.2 Å². The number of nitrogens with zero attached hydrogens (tertiary/aromatic N) is 1. The predicted molar refractivity (Wildman–Crippen MR) is 46.9 cm³/mol. The number of benzene rings is 1. The zero-order valence-electron chi connectivity index (χ0n) is 6.97. The number of aliphatic carboxylic acids is 1. The molecule has 0 fully saturated rings. The van der Waals surface area contributed by atoms with Crippen LogP contribution in [0.25, 0.3) is 0 Å². The summed E-state index contributed by atoms with van der Waals surface area (Å²) in [6.07, 6.45) is 0.271. The Balaban J connectivity index is 2.69. The van der Waals surface area contributed by atoms with Crippen molar-refractivity contribution in [1.29, 1.82) is 5.26 Å². The number of carboxylic acid groups (broad SMARTS) is 1. The number of nitriles is 1. The van der Waals surface area contributed by atoms with E-state index < -0.39 is 11.9 Å². The smallest absolute Gasteiger partial charge is 0.321 e. The van der Waals surface area contributed by atoms with Crippen LogP contribution in [0.3, 0.4) is 0 Å². The van der Waals surface area contributed by atoms with E-state index in [2.05, 4.69) is 0 Å². The Bertz CT molecular complexity index is 327. The molecule has 0 bridgehead atoms. The monoisotopic (exact) mass is 175 g/mol. The lowest BCUT2D eigenvalue weighted by molar-refractivity contribution is -0.139. The molecule has 0 amide bonds. The van der Waals surface area contributed by atoms with Gasteiger partial charge in [0.2, 0.25) is 0 Å². The van der Waals surface area contributed by atoms with Gasteiger partial charge in [-0.05, 0) is 12.0 Å². The molecule has 0 heterocycles. The van der Waals surface area contributed by atoms with Crippen molar-refractivity contribution in [3.05, 3.63) is 35.9 Å². The number of rotatable bonds is 3. The molecule has 1 aromatic carbocycles. The van der Waals surface area contributed by atoms with E-state index in [1.807, 2.05) is 30.3 Å². The van der Waals surface area contributed by atoms with Crippen LogP contribution < -0.4 is 0 Å². The first-order valence-corrected chi connectivity index (χ1v) is 3.90. The molecule has 13 heavy (non-hydrogen) atoms. The van der Waals surface area contributed by atoms with Crippen molar-refractivity contribution in [3.8, 4) is 6.07 Å². The van der Waals surface area contributed by atoms with Crippen molar-refractivity contribution < 1.29 is 9.90 Å². The van der Waals surface area contributed by atoms with Crippen molar-refractivity contribution >= 4 is 5.97 Å². The first-order chi connectivity index (χ1) is 6.24. The molecule has 0 saturated carbocycles. The molecule has 0 radical (unpaired) electrons. The van der Waals surface area contributed by atoms with Crippen LogP contribution in [0.2, 0.25) is 0 Å². The Labute approximate surface area is 76.2 Å². The first kappa shape index (κ1) is 9.27. The minimum atomic E-state index is -1.06. The van der Waals surface area contributed by atoms with Crippen molar-refractivity contribution in [1.82, 2.24) is 0 Å². The van der Waals surface area contributed by atoms with Gasteiger partial charge in [0.25, 0.3) is 0 Å². The highest BCUT2D eigenvalue weighted by Crippen LogP contribution is 2.07. The van der Waals surface area contributed by atoms with Crippen molar-refractivity contribution in [3.63, 3.8) is 0 Å². The fourth-order valence-electron chi connectivity index (χ4n) is 1.04. The van der Waals surface area contributed by atoms with Gasteiger partial charge >= 0.3 is 5.97 Å². The third-order valence-corrected chi connectivity index (χ3v) is 1.74. The van der Waals surface area contributed by atoms with E-state index in [1.165, 1.54) is 0 Å². The standard InChI is InChI=1S/C10H9NO2/c11-7-9(10(12)13)6-8-4-2-1-3-5-8/h1-5,9H,6H2,(H,12,13)/t9-/m0/s1. The summed E-state index contributed by atoms with van der Waals surface area (Å²) in [7, 11) is 0. The zero-order chi connectivity index (χ0) is 9.68. The average Bonchev–Trinajstić information content (AvgIpc) is 2.15. The van der Waals surface area contributed by atoms with Crippen LogP contribution >= 0.6 is 0 Å². The molecule has 1 N–H and O–H groups in total. The maximum Gasteiger partial charge on any atom is 0.321 e. The van der Waals surface area contributed by atoms with Gasteiger partial charge in [0.15, 0.2) is 0 Å². The molecule has 0 aliphatic rings. The lowest BCUT2D eigenvalue weighted by atomic mass is 10.0. The molecule has 0 aromatic heterocycles. The number of carboxylic acids is 1. The van der Waals surface area contributed by atoms with Crippen LogP contribution in [0.4, 0.5) is 0 Å². The van der Waals surface area contributed by atoms with Crippen molar-refractivity contribution in [2.75, 3.05) is 0 Å². The van der Waals surface area contributed by atoms with Gasteiger partial charge in [-0.2, -0.15) is 5.26 Å². The summed E-state index contributed by atoms with van der Waals surface area (Å²) < 4.78 is 0. The molecular weight excluding hydrogens is 166 g/mol. The highest BCUT2D eigenvalue weighted by molar-refractivity contribution is 5.73. The van der Waals surface area contributed by atoms with Crippen LogP contribution in [0.15, 0.2) is 30.3 Å². The summed E-state index contributed by atoms with van der Waals surface area (Å²) in [4.78, 5) is 10.5. The van der Waals surface area contributed by atoms with Crippen LogP contribution in [-0.2, 0) is 11.2 Å². The van der Waals surface area contributed by atoms with E-state index in [1.54, 1.807) is 6.07 Å². The summed E-state index contributed by atoms with van der Waals surface area (Å²) in [5, 5.41) is 17.1. The Hall–Kier alpha value is -1.82. The summed E-state index contributed by atoms with van der Waals surface area (Å²) in [6, 6.07) is 10.9. The summed E-state index contributed by atoms with van der Waals surface area (Å²) in [5.41, 5.74) is 0.872. The highest BCUT2D eigenvalue weighted by Gasteiger charge is 2.16. The van der Waals surface area contributed by atoms with Crippen molar-refractivity contribution in [2.24, 2.45) is 5.92 Å². The highest BCUT2D eigenvalue weighted by atomic mass is 16.4. The lowest BCUT2D eigenvalue weighted by Gasteiger charge is -2.02. The van der Waals surface area contributed by atoms with Gasteiger partial charge in [-0.25, -0.2) is 0 Å². The molecule has 66 valence electrons. The third kappa shape index (κ3) is 2.60. The summed E-state index contributed by atoms with van der Waals surface area (Å²) in [6.45, 7) is 0. The van der Waals surface area contributed by atoms with E-state index in [4.69, 9.17) is 10.4 Å². The Morgan fingerprint density at radius 1 is 1.46 bits per heavy atom. The summed E-state index contributed by atoms with van der Waals surface area (Å²) >= 11 is 0. The van der Waals surface area contributed by atoms with Crippen LogP contribution in [-0.4, -0.2) is 11.1 Å². The maximum absolute atomic E-state index is 10.5. The van der Waals surface area contributed by atoms with Gasteiger partial charge in [-0.3, -0.25) is 4.79 Å². The molecule has 0 spiro atoms. The average molecular weight is 175 g/mol. The molecular formula is C10H9NO2. The van der Waals surface area contributed by atoms with Gasteiger partial charge in [-0.15, -0.1) is 0 Å². The zero-order valence-corrected chi connectivity index (χ0v) is 6.97. The van der Waals surface area contributed by atoms with Gasteiger partial charge in [0.1, 0.15) is 5.92 Å². The Morgan fingerprint density at radius 2 is 2.08 bits per heavy atom. The molecule has 3 heteroatoms. The molecule has 0 unspecified atom stereocenters. The quantitative estimate of drug-likeness (QED) is 0.756. The minimum absolute atomic E-state index is 0.271. The molecule has 1 aromatic rings. The molecule has 1 rings (SSSR count). The van der Waals surface area contributed by atoms with E-state index in [0.29, 0.717) is 0 Å².